The van der Waals surface area contributed by atoms with Gasteiger partial charge in [-0.05, 0) is 7.05 Å². The molecule has 5 nitrogen and oxygen atoms in total. The highest BCUT2D eigenvalue weighted by molar-refractivity contribution is 4.67. The number of halogens is 3. The van der Waals surface area contributed by atoms with Crippen molar-refractivity contribution in [3.8, 4) is 0 Å². The van der Waals surface area contributed by atoms with Gasteiger partial charge in [-0.15, -0.1) is 0 Å². The molecule has 92 valence electrons. The summed E-state index contributed by atoms with van der Waals surface area (Å²) in [6.45, 7) is -1.28. The van der Waals surface area contributed by atoms with Crippen molar-refractivity contribution in [3.63, 3.8) is 0 Å². The van der Waals surface area contributed by atoms with E-state index in [1.54, 1.807) is 0 Å². The first-order valence-corrected chi connectivity index (χ1v) is 4.15. The second-order valence-corrected chi connectivity index (χ2v) is 2.90. The van der Waals surface area contributed by atoms with Crippen LogP contribution in [-0.2, 0) is 4.74 Å². The van der Waals surface area contributed by atoms with Crippen molar-refractivity contribution in [3.05, 3.63) is 0 Å². The van der Waals surface area contributed by atoms with E-state index in [2.05, 4.69) is 10.1 Å². The molecule has 0 aromatic rings. The van der Waals surface area contributed by atoms with Crippen molar-refractivity contribution in [1.82, 2.24) is 5.32 Å². The molecule has 8 heteroatoms. The highest BCUT2D eigenvalue weighted by Crippen LogP contribution is 2.19. The standard InChI is InChI=1S/C7H14F3NO4/c1-11-4(6(13)14)2-15-3-5(12)7(8,9)10/h4-6,11-14H,2-3H2,1H3/t4-,5?/m0/s1. The van der Waals surface area contributed by atoms with Crippen LogP contribution in [-0.4, -0.2) is 60.2 Å². The van der Waals surface area contributed by atoms with Gasteiger partial charge in [-0.25, -0.2) is 0 Å². The van der Waals surface area contributed by atoms with Gasteiger partial charge in [0.25, 0.3) is 0 Å². The molecule has 0 rings (SSSR count). The SMILES string of the molecule is CN[C@@H](COCC(O)C(F)(F)F)C(O)O. The van der Waals surface area contributed by atoms with Gasteiger partial charge in [0.15, 0.2) is 12.4 Å². The molecule has 2 atom stereocenters. The summed E-state index contributed by atoms with van der Waals surface area (Å²) < 4.78 is 39.8. The smallest absolute Gasteiger partial charge is 0.382 e. The van der Waals surface area contributed by atoms with Crippen LogP contribution >= 0.6 is 0 Å². The molecule has 0 fully saturated rings. The minimum atomic E-state index is -4.73. The highest BCUT2D eigenvalue weighted by Gasteiger charge is 2.38. The Morgan fingerprint density at radius 2 is 1.73 bits per heavy atom. The minimum absolute atomic E-state index is 0.346. The van der Waals surface area contributed by atoms with E-state index in [1.165, 1.54) is 7.05 Å². The summed E-state index contributed by atoms with van der Waals surface area (Å²) in [6, 6.07) is -0.898. The van der Waals surface area contributed by atoms with Gasteiger partial charge in [0, 0.05) is 0 Å². The molecule has 0 aromatic heterocycles. The first-order chi connectivity index (χ1) is 6.79. The van der Waals surface area contributed by atoms with Crippen LogP contribution in [0, 0.1) is 0 Å². The van der Waals surface area contributed by atoms with E-state index in [1.807, 2.05) is 0 Å². The molecule has 0 aromatic carbocycles. The van der Waals surface area contributed by atoms with Crippen LogP contribution in [0.3, 0.4) is 0 Å². The Hall–Kier alpha value is -0.410. The summed E-state index contributed by atoms with van der Waals surface area (Å²) in [5.41, 5.74) is 0. The average molecular weight is 233 g/mol. The molecular weight excluding hydrogens is 219 g/mol. The molecule has 1 unspecified atom stereocenters. The lowest BCUT2D eigenvalue weighted by atomic mass is 10.3. The first kappa shape index (κ1) is 14.6. The Balaban J connectivity index is 3.78. The van der Waals surface area contributed by atoms with Crippen molar-refractivity contribution in [2.75, 3.05) is 20.3 Å². The third-order valence-electron chi connectivity index (χ3n) is 1.68. The quantitative estimate of drug-likeness (QED) is 0.434. The predicted molar refractivity (Wildman–Crippen MR) is 44.0 cm³/mol. The number of likely N-dealkylation sites (N-methyl/N-ethyl adjacent to an activating group) is 1. The fourth-order valence-corrected chi connectivity index (χ4v) is 0.720. The molecule has 0 radical (unpaired) electrons. The summed E-state index contributed by atoms with van der Waals surface area (Å²) in [4.78, 5) is 0. The molecule has 15 heavy (non-hydrogen) atoms. The second-order valence-electron chi connectivity index (χ2n) is 2.90. The van der Waals surface area contributed by atoms with E-state index in [0.29, 0.717) is 0 Å². The van der Waals surface area contributed by atoms with Crippen LogP contribution in [0.5, 0.6) is 0 Å². The number of alkyl halides is 3. The number of aliphatic hydroxyl groups is 3. The lowest BCUT2D eigenvalue weighted by Gasteiger charge is -2.20. The molecule has 4 N–H and O–H groups in total. The van der Waals surface area contributed by atoms with Crippen molar-refractivity contribution in [1.29, 1.82) is 0 Å². The number of rotatable bonds is 6. The fourth-order valence-electron chi connectivity index (χ4n) is 0.720. The number of hydrogen-bond donors (Lipinski definition) is 4. The fraction of sp³-hybridized carbons (Fsp3) is 1.00. The van der Waals surface area contributed by atoms with Crippen LogP contribution in [0.25, 0.3) is 0 Å². The van der Waals surface area contributed by atoms with Gasteiger partial charge in [0.1, 0.15) is 0 Å². The number of aliphatic hydroxyl groups excluding tert-OH is 2. The maximum Gasteiger partial charge on any atom is 0.416 e. The number of hydrogen-bond acceptors (Lipinski definition) is 5. The lowest BCUT2D eigenvalue weighted by Crippen LogP contribution is -2.42. The topological polar surface area (TPSA) is 82.0 Å². The molecule has 0 saturated heterocycles. The summed E-state index contributed by atoms with van der Waals surface area (Å²) in [6.07, 6.45) is -9.03. The van der Waals surface area contributed by atoms with Crippen molar-refractivity contribution in [2.24, 2.45) is 0 Å². The zero-order valence-electron chi connectivity index (χ0n) is 8.03. The number of ether oxygens (including phenoxy) is 1. The van der Waals surface area contributed by atoms with Gasteiger partial charge < -0.3 is 25.4 Å². The van der Waals surface area contributed by atoms with Crippen molar-refractivity contribution in [2.45, 2.75) is 24.6 Å². The molecule has 0 aliphatic heterocycles. The maximum absolute atomic E-state index is 11.8. The van der Waals surface area contributed by atoms with E-state index in [0.717, 1.165) is 0 Å². The van der Waals surface area contributed by atoms with Gasteiger partial charge in [-0.3, -0.25) is 0 Å². The van der Waals surface area contributed by atoms with E-state index < -0.39 is 31.2 Å². The maximum atomic E-state index is 11.8. The van der Waals surface area contributed by atoms with Crippen LogP contribution < -0.4 is 5.32 Å². The summed E-state index contributed by atoms with van der Waals surface area (Å²) in [7, 11) is 1.40. The van der Waals surface area contributed by atoms with Crippen molar-refractivity contribution >= 4 is 0 Å². The van der Waals surface area contributed by atoms with Crippen LogP contribution in [0.15, 0.2) is 0 Å². The molecule has 0 aliphatic carbocycles. The van der Waals surface area contributed by atoms with Crippen molar-refractivity contribution < 1.29 is 33.2 Å². The summed E-state index contributed by atoms with van der Waals surface area (Å²) in [5, 5.41) is 28.3. The summed E-state index contributed by atoms with van der Waals surface area (Å²) in [5.74, 6) is 0. The number of nitrogens with one attached hydrogen (secondary N) is 1. The normalized spacial score (nSPS) is 16.8. The van der Waals surface area contributed by atoms with Crippen LogP contribution in [0.2, 0.25) is 0 Å². The molecular formula is C7H14F3NO4. The lowest BCUT2D eigenvalue weighted by molar-refractivity contribution is -0.219. The summed E-state index contributed by atoms with van der Waals surface area (Å²) >= 11 is 0. The molecule has 0 aliphatic rings. The zero-order valence-corrected chi connectivity index (χ0v) is 8.03. The Morgan fingerprint density at radius 3 is 2.07 bits per heavy atom. The van der Waals surface area contributed by atoms with E-state index in [4.69, 9.17) is 15.3 Å². The van der Waals surface area contributed by atoms with Crippen LogP contribution in [0.1, 0.15) is 0 Å². The second kappa shape index (κ2) is 6.23. The zero-order chi connectivity index (χ0) is 12.1. The largest absolute Gasteiger partial charge is 0.416 e. The molecule has 0 heterocycles. The molecule has 0 amide bonds. The molecule has 0 bridgehead atoms. The molecule has 0 spiro atoms. The van der Waals surface area contributed by atoms with Gasteiger partial charge in [0.2, 0.25) is 0 Å². The monoisotopic (exact) mass is 233 g/mol. The van der Waals surface area contributed by atoms with E-state index in [-0.39, 0.29) is 6.61 Å². The Morgan fingerprint density at radius 1 is 1.20 bits per heavy atom. The van der Waals surface area contributed by atoms with E-state index in [9.17, 15) is 13.2 Å². The molecule has 0 saturated carbocycles. The highest BCUT2D eigenvalue weighted by atomic mass is 19.4. The Labute approximate surface area is 84.5 Å². The van der Waals surface area contributed by atoms with Gasteiger partial charge in [-0.1, -0.05) is 0 Å². The van der Waals surface area contributed by atoms with Gasteiger partial charge >= 0.3 is 6.18 Å². The average Bonchev–Trinajstić information content (AvgIpc) is 2.09. The first-order valence-electron chi connectivity index (χ1n) is 4.15. The third kappa shape index (κ3) is 5.90. The third-order valence-corrected chi connectivity index (χ3v) is 1.68. The Bertz CT molecular complexity index is 174. The minimum Gasteiger partial charge on any atom is -0.382 e. The predicted octanol–water partition coefficient (Wildman–Crippen LogP) is -1.18. The van der Waals surface area contributed by atoms with Gasteiger partial charge in [0.05, 0.1) is 19.3 Å². The van der Waals surface area contributed by atoms with Gasteiger partial charge in [-0.2, -0.15) is 13.2 Å². The van der Waals surface area contributed by atoms with E-state index >= 15 is 0 Å². The Kier molecular flexibility index (Phi) is 6.06. The van der Waals surface area contributed by atoms with Crippen LogP contribution in [0.4, 0.5) is 13.2 Å².